The van der Waals surface area contributed by atoms with Gasteiger partial charge in [-0.2, -0.15) is 0 Å². The minimum absolute atomic E-state index is 0.631. The lowest BCUT2D eigenvalue weighted by Gasteiger charge is -2.25. The second-order valence-electron chi connectivity index (χ2n) is 13.3. The van der Waals surface area contributed by atoms with Crippen LogP contribution in [0.5, 0.6) is 23.0 Å². The second-order valence-corrected chi connectivity index (χ2v) is 13.3. The van der Waals surface area contributed by atoms with E-state index < -0.39 is 16.6 Å². The Morgan fingerprint density at radius 1 is 0.510 bits per heavy atom. The van der Waals surface area contributed by atoms with E-state index in [1.807, 2.05) is 36.4 Å². The Kier molecular flexibility index (Phi) is 8.59. The average molecular weight is 653 g/mol. The number of methoxy groups -OCH3 is 4. The monoisotopic (exact) mass is 652 g/mol. The summed E-state index contributed by atoms with van der Waals surface area (Å²) in [7, 11) is 6.58. The third-order valence-corrected chi connectivity index (χ3v) is 8.68. The molecule has 2 aliphatic carbocycles. The van der Waals surface area contributed by atoms with E-state index in [0.29, 0.717) is 23.0 Å². The van der Waals surface area contributed by atoms with Gasteiger partial charge >= 0.3 is 0 Å². The summed E-state index contributed by atoms with van der Waals surface area (Å²) in [6, 6.07) is 24.3. The largest absolute Gasteiger partial charge is 0.493 e. The zero-order valence-electron chi connectivity index (χ0n) is 29.1. The van der Waals surface area contributed by atoms with Gasteiger partial charge in [0, 0.05) is 11.1 Å². The van der Waals surface area contributed by atoms with Crippen LogP contribution in [0, 0.1) is 23.7 Å². The molecule has 0 saturated heterocycles. The molecule has 0 bridgehead atoms. The SMILES string of the molecule is COc1cc2c(cc1OC)C1(C=C2c2ccc(C#CC(C)(C)O)cc2)C=C(c2ccc(C#CC(C)(C)O)cc2)c2cc(OC)c(OC)cc21. The molecule has 2 N–H and O–H groups in total. The van der Waals surface area contributed by atoms with Gasteiger partial charge in [0.15, 0.2) is 23.0 Å². The summed E-state index contributed by atoms with van der Waals surface area (Å²) in [6.07, 6.45) is 4.60. The minimum Gasteiger partial charge on any atom is -0.493 e. The molecule has 4 aromatic rings. The highest BCUT2D eigenvalue weighted by Crippen LogP contribution is 2.58. The van der Waals surface area contributed by atoms with Crippen molar-refractivity contribution in [2.24, 2.45) is 0 Å². The molecule has 6 nitrogen and oxygen atoms in total. The van der Waals surface area contributed by atoms with Crippen molar-refractivity contribution in [1.82, 2.24) is 0 Å². The number of rotatable bonds is 6. The van der Waals surface area contributed by atoms with Gasteiger partial charge in [0.2, 0.25) is 0 Å². The molecule has 0 unspecified atom stereocenters. The first kappa shape index (κ1) is 33.5. The first-order valence-corrected chi connectivity index (χ1v) is 16.0. The summed E-state index contributed by atoms with van der Waals surface area (Å²) < 4.78 is 23.2. The van der Waals surface area contributed by atoms with E-state index in [4.69, 9.17) is 18.9 Å². The van der Waals surface area contributed by atoms with E-state index in [0.717, 1.165) is 55.7 Å². The van der Waals surface area contributed by atoms with Crippen LogP contribution in [0.3, 0.4) is 0 Å². The van der Waals surface area contributed by atoms with Crippen molar-refractivity contribution < 1.29 is 29.2 Å². The number of allylic oxidation sites excluding steroid dienone is 2. The number of hydrogen-bond donors (Lipinski definition) is 2. The van der Waals surface area contributed by atoms with E-state index in [1.54, 1.807) is 56.1 Å². The molecule has 2 aliphatic rings. The molecule has 0 fully saturated rings. The molecule has 6 heteroatoms. The van der Waals surface area contributed by atoms with Crippen LogP contribution in [0.2, 0.25) is 0 Å². The van der Waals surface area contributed by atoms with Gasteiger partial charge in [-0.15, -0.1) is 0 Å². The quantitative estimate of drug-likeness (QED) is 0.216. The molecule has 0 amide bonds. The predicted octanol–water partition coefficient (Wildman–Crippen LogP) is 7.14. The molecule has 0 heterocycles. The third-order valence-electron chi connectivity index (χ3n) is 8.68. The average Bonchev–Trinajstić information content (AvgIpc) is 3.58. The Morgan fingerprint density at radius 2 is 0.837 bits per heavy atom. The second kappa shape index (κ2) is 12.6. The molecular formula is C43H40O6. The fourth-order valence-corrected chi connectivity index (χ4v) is 6.39. The standard InChI is InChI=1S/C43H40O6/c1-41(2,44)19-17-27-9-13-29(14-10-27)33-25-43(35-23-39(48-7)37(46-5)21-31(33)35)26-34(32-22-38(47-6)40(49-8)24-36(32)43)30-15-11-28(12-16-30)18-20-42(3,4)45/h9-16,21-26,44-45H,1-8H3. The molecular weight excluding hydrogens is 612 g/mol. The van der Waals surface area contributed by atoms with Crippen LogP contribution in [0.25, 0.3) is 11.1 Å². The molecule has 0 aromatic heterocycles. The third kappa shape index (κ3) is 6.42. The summed E-state index contributed by atoms with van der Waals surface area (Å²) in [5, 5.41) is 20.2. The zero-order valence-corrected chi connectivity index (χ0v) is 29.1. The Bertz CT molecular complexity index is 1960. The van der Waals surface area contributed by atoms with Crippen LogP contribution in [-0.2, 0) is 5.41 Å². The highest BCUT2D eigenvalue weighted by molar-refractivity contribution is 5.97. The zero-order chi connectivity index (χ0) is 35.1. The van der Waals surface area contributed by atoms with Crippen LogP contribution < -0.4 is 18.9 Å². The van der Waals surface area contributed by atoms with E-state index >= 15 is 0 Å². The van der Waals surface area contributed by atoms with Gasteiger partial charge in [-0.3, -0.25) is 0 Å². The smallest absolute Gasteiger partial charge is 0.161 e. The van der Waals surface area contributed by atoms with Crippen molar-refractivity contribution in [3.05, 3.63) is 129 Å². The van der Waals surface area contributed by atoms with Crippen LogP contribution >= 0.6 is 0 Å². The summed E-state index contributed by atoms with van der Waals surface area (Å²) in [6.45, 7) is 6.67. The molecule has 49 heavy (non-hydrogen) atoms. The lowest BCUT2D eigenvalue weighted by Crippen LogP contribution is -2.19. The highest BCUT2D eigenvalue weighted by atomic mass is 16.5. The fourth-order valence-electron chi connectivity index (χ4n) is 6.39. The van der Waals surface area contributed by atoms with E-state index in [1.165, 1.54) is 0 Å². The van der Waals surface area contributed by atoms with E-state index in [-0.39, 0.29) is 0 Å². The Labute approximate surface area is 288 Å². The maximum absolute atomic E-state index is 10.1. The number of benzene rings is 4. The number of fused-ring (bicyclic) bond motifs is 4. The molecule has 1 spiro atoms. The normalized spacial score (nSPS) is 14.0. The maximum Gasteiger partial charge on any atom is 0.161 e. The number of aliphatic hydroxyl groups is 2. The summed E-state index contributed by atoms with van der Waals surface area (Å²) in [5.41, 5.74) is 6.99. The van der Waals surface area contributed by atoms with Crippen molar-refractivity contribution in [3.8, 4) is 46.7 Å². The molecule has 248 valence electrons. The van der Waals surface area contributed by atoms with Crippen molar-refractivity contribution in [3.63, 3.8) is 0 Å². The van der Waals surface area contributed by atoms with Crippen molar-refractivity contribution in [2.75, 3.05) is 28.4 Å². The predicted molar refractivity (Wildman–Crippen MR) is 193 cm³/mol. The lowest BCUT2D eigenvalue weighted by atomic mass is 9.78. The molecule has 0 saturated carbocycles. The number of ether oxygens (including phenoxy) is 4. The van der Waals surface area contributed by atoms with Gasteiger partial charge < -0.3 is 29.2 Å². The Hall–Kier alpha value is -5.40. The van der Waals surface area contributed by atoms with Gasteiger partial charge in [0.1, 0.15) is 11.2 Å². The first-order chi connectivity index (χ1) is 23.3. The maximum atomic E-state index is 10.1. The van der Waals surface area contributed by atoms with Crippen molar-refractivity contribution in [2.45, 2.75) is 44.3 Å². The Balaban J connectivity index is 1.59. The van der Waals surface area contributed by atoms with Gasteiger partial charge in [0.25, 0.3) is 0 Å². The molecule has 0 aliphatic heterocycles. The highest BCUT2D eigenvalue weighted by Gasteiger charge is 2.45. The van der Waals surface area contributed by atoms with E-state index in [9.17, 15) is 10.2 Å². The summed E-state index contributed by atoms with van der Waals surface area (Å²) >= 11 is 0. The molecule has 6 rings (SSSR count). The fraction of sp³-hybridized carbons (Fsp3) is 0.256. The number of hydrogen-bond acceptors (Lipinski definition) is 6. The Morgan fingerprint density at radius 3 is 1.14 bits per heavy atom. The minimum atomic E-state index is -1.08. The van der Waals surface area contributed by atoms with Gasteiger partial charge in [-0.05, 0) is 121 Å². The van der Waals surface area contributed by atoms with Crippen molar-refractivity contribution in [1.29, 1.82) is 0 Å². The van der Waals surface area contributed by atoms with Gasteiger partial charge in [-0.25, -0.2) is 0 Å². The molecule has 0 radical (unpaired) electrons. The van der Waals surface area contributed by atoms with E-state index in [2.05, 4.69) is 72.2 Å². The van der Waals surface area contributed by atoms with Gasteiger partial charge in [-0.1, -0.05) is 60.1 Å². The van der Waals surface area contributed by atoms with Gasteiger partial charge in [0.05, 0.1) is 33.9 Å². The lowest BCUT2D eigenvalue weighted by molar-refractivity contribution is 0.143. The van der Waals surface area contributed by atoms with Crippen LogP contribution in [-0.4, -0.2) is 49.9 Å². The summed E-state index contributed by atoms with van der Waals surface area (Å²) in [5.74, 6) is 14.5. The topological polar surface area (TPSA) is 77.4 Å². The summed E-state index contributed by atoms with van der Waals surface area (Å²) in [4.78, 5) is 0. The van der Waals surface area contributed by atoms with Crippen LogP contribution in [0.4, 0.5) is 0 Å². The molecule has 4 aromatic carbocycles. The first-order valence-electron chi connectivity index (χ1n) is 16.0. The van der Waals surface area contributed by atoms with Crippen LogP contribution in [0.15, 0.2) is 84.9 Å². The molecule has 0 atom stereocenters. The van der Waals surface area contributed by atoms with Crippen molar-refractivity contribution >= 4 is 11.1 Å². The van der Waals surface area contributed by atoms with Crippen LogP contribution in [0.1, 0.15) is 72.2 Å².